The van der Waals surface area contributed by atoms with Crippen molar-refractivity contribution >= 4 is 12.4 Å². The molecule has 2 saturated heterocycles. The Hall–Kier alpha value is -2.16. The third kappa shape index (κ3) is 17.9. The van der Waals surface area contributed by atoms with Crippen molar-refractivity contribution in [3.05, 3.63) is 88.5 Å². The molecule has 2 aliphatic rings. The molecule has 8 heteroatoms. The van der Waals surface area contributed by atoms with Gasteiger partial charge in [0.25, 0.3) is 0 Å². The van der Waals surface area contributed by atoms with Crippen molar-refractivity contribution in [1.82, 2.24) is 0 Å². The predicted octanol–water partition coefficient (Wildman–Crippen LogP) is 7.66. The van der Waals surface area contributed by atoms with Crippen LogP contribution in [-0.2, 0) is 20.3 Å². The van der Waals surface area contributed by atoms with Crippen LogP contribution in [0.5, 0.6) is 17.2 Å². The number of hydrogen-bond acceptors (Lipinski definition) is 7. The molecular formula is C42H59N2O5Yb. The Morgan fingerprint density at radius 3 is 1.22 bits per heavy atom. The van der Waals surface area contributed by atoms with Crippen LogP contribution in [-0.4, -0.2) is 51.9 Å². The van der Waals surface area contributed by atoms with Crippen molar-refractivity contribution in [2.75, 3.05) is 39.5 Å². The van der Waals surface area contributed by atoms with Gasteiger partial charge in [0, 0.05) is 57.4 Å². The fraction of sp³-hybridized carbons (Fsp3) is 0.524. The maximum atomic E-state index is 12.4. The standard InChI is InChI=1S/C19H22N2O2.C15H24O.2C4H8O.Yb/c1-19(2,13-20-11-15-7-3-5-9-17(15)22)14-21-12-16-8-4-6-10-18(16)23;1-10-8-11(14(2,3)4)13(16)12(9-10)15(5,6)7;2*1-2-4-5-3-1;/h3-12,22-23H,13-14H2,1-2H3;8-9,16H,1-7H3;2*1-4H2;/q;;;;+3/p-3. The molecule has 0 amide bonds. The van der Waals surface area contributed by atoms with E-state index >= 15 is 0 Å². The van der Waals surface area contributed by atoms with Crippen molar-refractivity contribution < 1.29 is 71.7 Å². The molecule has 0 unspecified atom stereocenters. The second-order valence-corrected chi connectivity index (χ2v) is 15.5. The Bertz CT molecular complexity index is 1340. The predicted molar refractivity (Wildman–Crippen MR) is 199 cm³/mol. The number of rotatable bonds is 6. The number of para-hydroxylation sites is 2. The quantitative estimate of drug-likeness (QED) is 0.237. The first-order valence-electron chi connectivity index (χ1n) is 17.5. The van der Waals surface area contributed by atoms with Crippen LogP contribution in [0.4, 0.5) is 0 Å². The number of hydrogen-bond donors (Lipinski definition) is 0. The fourth-order valence-corrected chi connectivity index (χ4v) is 4.91. The molecule has 0 N–H and O–H groups in total. The molecule has 2 heterocycles. The van der Waals surface area contributed by atoms with Crippen molar-refractivity contribution in [3.63, 3.8) is 0 Å². The van der Waals surface area contributed by atoms with E-state index in [1.54, 1.807) is 36.7 Å². The summed E-state index contributed by atoms with van der Waals surface area (Å²) in [5, 5.41) is 35.6. The molecule has 0 spiro atoms. The number of aryl methyl sites for hydroxylation is 1. The molecule has 50 heavy (non-hydrogen) atoms. The van der Waals surface area contributed by atoms with E-state index in [1.165, 1.54) is 43.4 Å². The average Bonchev–Trinajstić information content (AvgIpc) is 3.80. The van der Waals surface area contributed by atoms with Gasteiger partial charge in [-0.05, 0) is 65.7 Å². The van der Waals surface area contributed by atoms with E-state index in [0.29, 0.717) is 24.2 Å². The first-order valence-corrected chi connectivity index (χ1v) is 17.5. The smallest absolute Gasteiger partial charge is 0.872 e. The van der Waals surface area contributed by atoms with Gasteiger partial charge in [0.2, 0.25) is 0 Å². The van der Waals surface area contributed by atoms with Crippen molar-refractivity contribution in [2.45, 2.75) is 98.8 Å². The molecule has 5 rings (SSSR count). The van der Waals surface area contributed by atoms with Crippen molar-refractivity contribution in [3.8, 4) is 17.2 Å². The summed E-state index contributed by atoms with van der Waals surface area (Å²) in [6.45, 7) is 23.8. The zero-order valence-electron chi connectivity index (χ0n) is 31.7. The van der Waals surface area contributed by atoms with Crippen LogP contribution in [0.1, 0.15) is 109 Å². The molecule has 3 aromatic rings. The van der Waals surface area contributed by atoms with Crippen LogP contribution in [0.25, 0.3) is 0 Å². The maximum Gasteiger partial charge on any atom is 3.00 e. The number of aliphatic imine (C=N–C) groups is 2. The second kappa shape index (κ2) is 22.7. The summed E-state index contributed by atoms with van der Waals surface area (Å²) in [7, 11) is 0. The molecule has 0 saturated carbocycles. The number of ether oxygens (including phenoxy) is 2. The minimum absolute atomic E-state index is 0. The van der Waals surface area contributed by atoms with Gasteiger partial charge in [0.1, 0.15) is 0 Å². The normalized spacial score (nSPS) is 14.6. The zero-order chi connectivity index (χ0) is 36.5. The summed E-state index contributed by atoms with van der Waals surface area (Å²) in [4.78, 5) is 8.71. The van der Waals surface area contributed by atoms with Crippen LogP contribution < -0.4 is 15.3 Å². The van der Waals surface area contributed by atoms with E-state index in [-0.39, 0.29) is 80.4 Å². The molecule has 281 valence electrons. The second-order valence-electron chi connectivity index (χ2n) is 15.5. The summed E-state index contributed by atoms with van der Waals surface area (Å²) in [5.41, 5.74) is 3.90. The van der Waals surface area contributed by atoms with Gasteiger partial charge in [-0.25, -0.2) is 0 Å². The Labute approximate surface area is 340 Å². The van der Waals surface area contributed by atoms with Crippen LogP contribution >= 0.6 is 0 Å². The molecule has 0 aliphatic carbocycles. The summed E-state index contributed by atoms with van der Waals surface area (Å²) >= 11 is 0. The summed E-state index contributed by atoms with van der Waals surface area (Å²) in [5.74, 6) is 0.156. The van der Waals surface area contributed by atoms with Crippen molar-refractivity contribution in [1.29, 1.82) is 0 Å². The first kappa shape index (κ1) is 45.9. The van der Waals surface area contributed by atoms with E-state index in [1.807, 2.05) is 38.1 Å². The Kier molecular flexibility index (Phi) is 20.8. The average molecular weight is 845 g/mol. The molecule has 0 aromatic heterocycles. The summed E-state index contributed by atoms with van der Waals surface area (Å²) in [6, 6.07) is 17.7. The Morgan fingerprint density at radius 1 is 0.600 bits per heavy atom. The minimum atomic E-state index is -0.150. The summed E-state index contributed by atoms with van der Waals surface area (Å²) < 4.78 is 9.89. The van der Waals surface area contributed by atoms with Gasteiger partial charge >= 0.3 is 46.9 Å². The fourth-order valence-electron chi connectivity index (χ4n) is 4.91. The largest absolute Gasteiger partial charge is 3.00 e. The van der Waals surface area contributed by atoms with Crippen LogP contribution in [0.3, 0.4) is 0 Å². The summed E-state index contributed by atoms with van der Waals surface area (Å²) in [6.07, 6.45) is 8.33. The number of benzene rings is 3. The molecule has 2 aliphatic heterocycles. The van der Waals surface area contributed by atoms with E-state index in [9.17, 15) is 15.3 Å². The van der Waals surface area contributed by atoms with Crippen LogP contribution in [0.15, 0.2) is 70.6 Å². The van der Waals surface area contributed by atoms with Gasteiger partial charge in [-0.2, -0.15) is 0 Å². The topological polar surface area (TPSA) is 112 Å². The molecule has 3 aromatic carbocycles. The van der Waals surface area contributed by atoms with Gasteiger partial charge < -0.3 is 24.8 Å². The van der Waals surface area contributed by atoms with Crippen LogP contribution in [0, 0.1) is 59.3 Å². The zero-order valence-corrected chi connectivity index (χ0v) is 33.4. The Morgan fingerprint density at radius 2 is 0.940 bits per heavy atom. The van der Waals surface area contributed by atoms with E-state index < -0.39 is 0 Å². The molecular weight excluding hydrogens is 786 g/mol. The van der Waals surface area contributed by atoms with E-state index in [2.05, 4.69) is 58.5 Å². The van der Waals surface area contributed by atoms with E-state index in [4.69, 9.17) is 9.47 Å². The van der Waals surface area contributed by atoms with Gasteiger partial charge in [-0.15, -0.1) is 17.2 Å². The minimum Gasteiger partial charge on any atom is -0.872 e. The molecule has 2 fully saturated rings. The van der Waals surface area contributed by atoms with Gasteiger partial charge in [0.05, 0.1) is 0 Å². The van der Waals surface area contributed by atoms with Gasteiger partial charge in [-0.1, -0.05) is 122 Å². The van der Waals surface area contributed by atoms with Crippen LogP contribution in [0.2, 0.25) is 0 Å². The third-order valence-electron chi connectivity index (χ3n) is 7.84. The molecule has 1 radical (unpaired) electrons. The molecule has 7 nitrogen and oxygen atoms in total. The SMILES string of the molecule is C1CCOC1.C1CCOC1.CC(C)(CN=Cc1ccccc1[O-])CN=Cc1ccccc1[O-].Cc1cc(C(C)(C)C)c([O-])c(C(C)(C)C)c1.[Yb+3]. The van der Waals surface area contributed by atoms with Gasteiger partial charge in [0.15, 0.2) is 0 Å². The number of nitrogens with zero attached hydrogens (tertiary/aromatic N) is 2. The molecule has 0 bridgehead atoms. The molecule has 0 atom stereocenters. The third-order valence-corrected chi connectivity index (χ3v) is 7.84. The maximum absolute atomic E-state index is 12.4. The Balaban J connectivity index is 0.000000395. The van der Waals surface area contributed by atoms with E-state index in [0.717, 1.165) is 37.6 Å². The van der Waals surface area contributed by atoms with Crippen molar-refractivity contribution in [2.24, 2.45) is 15.4 Å². The first-order chi connectivity index (χ1) is 23.0. The monoisotopic (exact) mass is 845 g/mol. The van der Waals surface area contributed by atoms with Gasteiger partial charge in [-0.3, -0.25) is 9.98 Å².